The van der Waals surface area contributed by atoms with Gasteiger partial charge in [-0.15, -0.1) is 0 Å². The number of carbonyl (C=O) groups is 1. The predicted molar refractivity (Wildman–Crippen MR) is 61.4 cm³/mol. The minimum Gasteiger partial charge on any atom is -0.358 e. The lowest BCUT2D eigenvalue weighted by Gasteiger charge is -2.27. The first kappa shape index (κ1) is 14.7. The van der Waals surface area contributed by atoms with Crippen LogP contribution in [0.2, 0.25) is 0 Å². The van der Waals surface area contributed by atoms with Crippen LogP contribution in [-0.2, 0) is 4.79 Å². The van der Waals surface area contributed by atoms with Crippen LogP contribution in [0, 0.1) is 16.0 Å². The molecule has 0 saturated heterocycles. The van der Waals surface area contributed by atoms with Gasteiger partial charge >= 0.3 is 5.84 Å². The number of amidine groups is 1. The molecule has 16 heavy (non-hydrogen) atoms. The zero-order valence-corrected chi connectivity index (χ0v) is 10.4. The van der Waals surface area contributed by atoms with Crippen molar-refractivity contribution in [2.75, 3.05) is 13.3 Å². The van der Waals surface area contributed by atoms with Crippen LogP contribution in [0.4, 0.5) is 0 Å². The molecule has 0 rings (SSSR count). The highest BCUT2D eigenvalue weighted by atomic mass is 32.2. The fourth-order valence-corrected chi connectivity index (χ4v) is 1.65. The van der Waals surface area contributed by atoms with Gasteiger partial charge in [-0.1, -0.05) is 0 Å². The Hall–Kier alpha value is -1.31. The van der Waals surface area contributed by atoms with E-state index in [0.29, 0.717) is 0 Å². The molecule has 1 atom stereocenters. The van der Waals surface area contributed by atoms with Crippen molar-refractivity contribution in [3.8, 4) is 0 Å². The van der Waals surface area contributed by atoms with Gasteiger partial charge in [-0.2, -0.15) is 11.8 Å². The maximum atomic E-state index is 11.6. The third kappa shape index (κ3) is 3.09. The Balaban J connectivity index is 5.42. The molecule has 8 heteroatoms. The van der Waals surface area contributed by atoms with Gasteiger partial charge in [0.1, 0.15) is 0 Å². The van der Waals surface area contributed by atoms with Crippen molar-refractivity contribution in [3.63, 3.8) is 0 Å². The molecule has 0 radical (unpaired) electrons. The summed E-state index contributed by atoms with van der Waals surface area (Å²) in [5.74, 6) is -2.42. The Bertz CT molecular complexity index is 316. The lowest BCUT2D eigenvalue weighted by Crippen LogP contribution is -2.47. The quantitative estimate of drug-likeness (QED) is 0.249. The summed E-state index contributed by atoms with van der Waals surface area (Å²) >= 11 is 1.28. The zero-order chi connectivity index (χ0) is 12.9. The Kier molecular flexibility index (Phi) is 5.22. The summed E-state index contributed by atoms with van der Waals surface area (Å²) in [6.45, 7) is 3.35. The highest BCUT2D eigenvalue weighted by molar-refractivity contribution is 8.00. The summed E-state index contributed by atoms with van der Waals surface area (Å²) in [5.41, 5.74) is 0. The topological polar surface area (TPSA) is 105 Å². The zero-order valence-electron chi connectivity index (χ0n) is 9.55. The largest absolute Gasteiger partial charge is 0.399 e. The maximum absolute atomic E-state index is 11.6. The molecule has 0 saturated carbocycles. The van der Waals surface area contributed by atoms with E-state index in [1.165, 1.54) is 18.8 Å². The Morgan fingerprint density at radius 1 is 1.62 bits per heavy atom. The van der Waals surface area contributed by atoms with Crippen LogP contribution in [0.5, 0.6) is 0 Å². The average Bonchev–Trinajstić information content (AvgIpc) is 2.23. The fourth-order valence-electron chi connectivity index (χ4n) is 1.21. The number of nitro groups is 1. The molecule has 0 bridgehead atoms. The van der Waals surface area contributed by atoms with Crippen LogP contribution in [-0.4, -0.2) is 39.9 Å². The van der Waals surface area contributed by atoms with Crippen molar-refractivity contribution < 1.29 is 14.9 Å². The smallest absolute Gasteiger partial charge is 0.358 e. The van der Waals surface area contributed by atoms with Gasteiger partial charge in [0, 0.05) is 11.8 Å². The van der Waals surface area contributed by atoms with Gasteiger partial charge in [0.05, 0.1) is 0 Å². The van der Waals surface area contributed by atoms with Crippen LogP contribution in [0.1, 0.15) is 13.8 Å². The minimum absolute atomic E-state index is 0.552. The number of carbonyl (C=O) groups excluding carboxylic acids is 1. The van der Waals surface area contributed by atoms with E-state index in [9.17, 15) is 14.9 Å². The molecule has 0 aliphatic heterocycles. The van der Waals surface area contributed by atoms with E-state index < -0.39 is 27.3 Å². The number of rotatable bonds is 4. The second-order valence-corrected chi connectivity index (χ2v) is 5.03. The van der Waals surface area contributed by atoms with Crippen LogP contribution in [0.15, 0.2) is 5.16 Å². The fraction of sp³-hybridized carbons (Fsp3) is 0.750. The molecule has 7 nitrogen and oxygen atoms in total. The third-order valence-electron chi connectivity index (χ3n) is 2.28. The van der Waals surface area contributed by atoms with Crippen LogP contribution in [0.3, 0.4) is 0 Å². The first-order chi connectivity index (χ1) is 7.31. The Morgan fingerprint density at radius 3 is 2.38 bits per heavy atom. The molecule has 0 aromatic rings. The number of oxime groups is 1. The van der Waals surface area contributed by atoms with Gasteiger partial charge in [-0.05, 0) is 25.0 Å². The molecule has 0 heterocycles. The van der Waals surface area contributed by atoms with Crippen molar-refractivity contribution >= 4 is 23.5 Å². The van der Waals surface area contributed by atoms with Crippen molar-refractivity contribution in [1.82, 2.24) is 5.32 Å². The van der Waals surface area contributed by atoms with Crippen molar-refractivity contribution in [3.05, 3.63) is 10.1 Å². The number of nitrogens with one attached hydrogen (secondary N) is 1. The van der Waals surface area contributed by atoms with Crippen LogP contribution >= 0.6 is 11.8 Å². The van der Waals surface area contributed by atoms with E-state index in [2.05, 4.69) is 10.5 Å². The lowest BCUT2D eigenvalue weighted by molar-refractivity contribution is -0.358. The van der Waals surface area contributed by atoms with E-state index in [4.69, 9.17) is 5.21 Å². The van der Waals surface area contributed by atoms with E-state index in [1.54, 1.807) is 20.1 Å². The second-order valence-electron chi connectivity index (χ2n) is 3.57. The van der Waals surface area contributed by atoms with E-state index in [-0.39, 0.29) is 0 Å². The van der Waals surface area contributed by atoms with Crippen LogP contribution < -0.4 is 5.32 Å². The number of hydrogen-bond donors (Lipinski definition) is 2. The molecule has 1 unspecified atom stereocenters. The molecule has 0 aliphatic rings. The summed E-state index contributed by atoms with van der Waals surface area (Å²) in [5, 5.41) is 24.2. The molecule has 0 spiro atoms. The first-order valence-corrected chi connectivity index (χ1v) is 5.67. The normalized spacial score (nSPS) is 14.4. The van der Waals surface area contributed by atoms with E-state index in [1.807, 2.05) is 0 Å². The number of nitrogens with zero attached hydrogens (tertiary/aromatic N) is 2. The third-order valence-corrected chi connectivity index (χ3v) is 3.57. The second kappa shape index (κ2) is 5.69. The first-order valence-electron chi connectivity index (χ1n) is 4.44. The SMILES string of the molecule is CNC(=O)C(C(=NO)[N+](=O)[O-])C(C)(C)SC. The molecule has 2 N–H and O–H groups in total. The molecule has 0 aromatic carbocycles. The van der Waals surface area contributed by atoms with Gasteiger partial charge in [0.2, 0.25) is 5.91 Å². The highest BCUT2D eigenvalue weighted by Gasteiger charge is 2.45. The van der Waals surface area contributed by atoms with Gasteiger partial charge < -0.3 is 20.6 Å². The number of hydrogen-bond acceptors (Lipinski definition) is 6. The summed E-state index contributed by atoms with van der Waals surface area (Å²) in [6.07, 6.45) is 1.73. The van der Waals surface area contributed by atoms with E-state index >= 15 is 0 Å². The molecule has 1 amide bonds. The molecule has 0 fully saturated rings. The summed E-state index contributed by atoms with van der Waals surface area (Å²) < 4.78 is -0.741. The van der Waals surface area contributed by atoms with Crippen LogP contribution in [0.25, 0.3) is 0 Å². The maximum Gasteiger partial charge on any atom is 0.399 e. The van der Waals surface area contributed by atoms with Gasteiger partial charge in [0.15, 0.2) is 11.1 Å². The molecular formula is C8H15N3O4S. The lowest BCUT2D eigenvalue weighted by atomic mass is 9.92. The van der Waals surface area contributed by atoms with Gasteiger partial charge in [0.25, 0.3) is 0 Å². The monoisotopic (exact) mass is 249 g/mol. The predicted octanol–water partition coefficient (Wildman–Crippen LogP) is 0.555. The van der Waals surface area contributed by atoms with E-state index in [0.717, 1.165) is 0 Å². The molecule has 92 valence electrons. The standard InChI is InChI=1S/C8H15N3O4S/c1-8(2,16-4)5(7(12)9-3)6(10-13)11(14)15/h5,13H,1-4H3,(H,9,12). The summed E-state index contributed by atoms with van der Waals surface area (Å²) in [4.78, 5) is 21.4. The average molecular weight is 249 g/mol. The molecular weight excluding hydrogens is 234 g/mol. The van der Waals surface area contributed by atoms with Crippen molar-refractivity contribution in [1.29, 1.82) is 0 Å². The van der Waals surface area contributed by atoms with Crippen molar-refractivity contribution in [2.24, 2.45) is 11.1 Å². The highest BCUT2D eigenvalue weighted by Crippen LogP contribution is 2.32. The van der Waals surface area contributed by atoms with Crippen molar-refractivity contribution in [2.45, 2.75) is 18.6 Å². The Morgan fingerprint density at radius 2 is 2.12 bits per heavy atom. The molecule has 0 aliphatic carbocycles. The summed E-state index contributed by atoms with van der Waals surface area (Å²) in [7, 11) is 1.38. The molecule has 0 aromatic heterocycles. The van der Waals surface area contributed by atoms with Gasteiger partial charge in [-0.25, -0.2) is 0 Å². The number of amides is 1. The number of thioether (sulfide) groups is 1. The Labute approximate surface area is 97.4 Å². The summed E-state index contributed by atoms with van der Waals surface area (Å²) in [6, 6.07) is 0. The minimum atomic E-state index is -1.12. The van der Waals surface area contributed by atoms with Gasteiger partial charge in [-0.3, -0.25) is 4.79 Å².